The summed E-state index contributed by atoms with van der Waals surface area (Å²) < 4.78 is 21.2. The number of nitrogens with two attached hydrogens (primary N) is 1. The molecular formula is C15H23N4O11P. The molecule has 1 aliphatic heterocycles. The molecular weight excluding hydrogens is 443 g/mol. The number of primary amides is 1. The van der Waals surface area contributed by atoms with Gasteiger partial charge in [0, 0.05) is 12.6 Å². The summed E-state index contributed by atoms with van der Waals surface area (Å²) in [6.45, 7) is 1.52. The molecule has 2 heterocycles. The zero-order chi connectivity index (χ0) is 23.7. The van der Waals surface area contributed by atoms with Crippen LogP contribution in [0.4, 0.5) is 4.79 Å². The molecule has 2 amide bonds. The van der Waals surface area contributed by atoms with Crippen LogP contribution in [-0.4, -0.2) is 82.6 Å². The van der Waals surface area contributed by atoms with E-state index in [1.807, 2.05) is 0 Å². The van der Waals surface area contributed by atoms with Crippen molar-refractivity contribution < 1.29 is 48.5 Å². The molecule has 31 heavy (non-hydrogen) atoms. The van der Waals surface area contributed by atoms with Crippen molar-refractivity contribution in [2.24, 2.45) is 5.73 Å². The van der Waals surface area contributed by atoms with Crippen molar-refractivity contribution in [3.63, 3.8) is 0 Å². The normalized spacial score (nSPS) is 24.4. The average molecular weight is 466 g/mol. The lowest BCUT2D eigenvalue weighted by molar-refractivity contribution is -0.169. The van der Waals surface area contributed by atoms with Crippen LogP contribution in [0.2, 0.25) is 0 Å². The highest BCUT2D eigenvalue weighted by atomic mass is 31.2. The van der Waals surface area contributed by atoms with Crippen LogP contribution in [0.25, 0.3) is 0 Å². The van der Waals surface area contributed by atoms with Crippen LogP contribution < -0.4 is 11.4 Å². The van der Waals surface area contributed by atoms with Crippen LogP contribution in [0.3, 0.4) is 0 Å². The first kappa shape index (κ1) is 24.9. The number of H-pyrrole nitrogens is 1. The van der Waals surface area contributed by atoms with Gasteiger partial charge < -0.3 is 40.6 Å². The number of aryl methyl sites for hydroxylation is 1. The summed E-state index contributed by atoms with van der Waals surface area (Å²) in [6.07, 6.45) is -3.56. The molecule has 0 aromatic carbocycles. The van der Waals surface area contributed by atoms with Crippen molar-refractivity contribution in [1.29, 1.82) is 0 Å². The number of aliphatic carboxylic acids is 1. The van der Waals surface area contributed by atoms with Crippen LogP contribution in [0.1, 0.15) is 30.6 Å². The van der Waals surface area contributed by atoms with Gasteiger partial charge in [0.05, 0.1) is 12.3 Å². The first-order valence-corrected chi connectivity index (χ1v) is 10.3. The van der Waals surface area contributed by atoms with Crippen LogP contribution in [0, 0.1) is 6.92 Å². The summed E-state index contributed by atoms with van der Waals surface area (Å²) in [4.78, 5) is 60.4. The fraction of sp³-hybridized carbons (Fsp3) is 0.600. The van der Waals surface area contributed by atoms with Crippen LogP contribution >= 0.6 is 7.82 Å². The van der Waals surface area contributed by atoms with Crippen molar-refractivity contribution in [2.75, 3.05) is 6.61 Å². The van der Waals surface area contributed by atoms with Gasteiger partial charge in [0.15, 0.2) is 5.60 Å². The maximum Gasteiger partial charge on any atom is 0.469 e. The largest absolute Gasteiger partial charge is 0.479 e. The Kier molecular flexibility index (Phi) is 7.22. The summed E-state index contributed by atoms with van der Waals surface area (Å²) in [5.74, 6) is -1.78. The van der Waals surface area contributed by atoms with Gasteiger partial charge in [-0.05, 0) is 19.4 Å². The summed E-state index contributed by atoms with van der Waals surface area (Å²) in [5.41, 5.74) is 1.80. The van der Waals surface area contributed by atoms with E-state index in [2.05, 4.69) is 14.5 Å². The van der Waals surface area contributed by atoms with E-state index in [1.54, 1.807) is 0 Å². The Morgan fingerprint density at radius 3 is 2.61 bits per heavy atom. The van der Waals surface area contributed by atoms with E-state index in [9.17, 15) is 34.3 Å². The number of aromatic nitrogens is 2. The van der Waals surface area contributed by atoms with Crippen molar-refractivity contribution in [3.8, 4) is 0 Å². The molecule has 0 aliphatic carbocycles. The minimum atomic E-state index is -5.02. The first-order chi connectivity index (χ1) is 14.2. The Morgan fingerprint density at radius 2 is 2.13 bits per heavy atom. The number of nitrogens with one attached hydrogen (secondary N) is 1. The number of rotatable bonds is 8. The fourth-order valence-corrected chi connectivity index (χ4v) is 3.90. The quantitative estimate of drug-likeness (QED) is 0.204. The molecule has 2 rings (SSSR count). The van der Waals surface area contributed by atoms with Gasteiger partial charge in [-0.15, -0.1) is 0 Å². The Balaban J connectivity index is 2.59. The molecule has 1 aromatic heterocycles. The second kappa shape index (κ2) is 9.00. The second-order valence-electron chi connectivity index (χ2n) is 7.07. The third-order valence-electron chi connectivity index (χ3n) is 4.76. The predicted molar refractivity (Wildman–Crippen MR) is 99.3 cm³/mol. The molecule has 15 nitrogen and oxygen atoms in total. The average Bonchev–Trinajstić information content (AvgIpc) is 3.01. The van der Waals surface area contributed by atoms with Gasteiger partial charge in [-0.3, -0.25) is 9.42 Å². The number of phosphoric acid groups is 1. The van der Waals surface area contributed by atoms with Gasteiger partial charge >= 0.3 is 25.5 Å². The van der Waals surface area contributed by atoms with E-state index in [4.69, 9.17) is 20.3 Å². The minimum absolute atomic E-state index is 0.192. The number of hydrogen-bond acceptors (Lipinski definition) is 9. The third kappa shape index (κ3) is 5.46. The van der Waals surface area contributed by atoms with E-state index in [0.29, 0.717) is 4.90 Å². The highest BCUT2D eigenvalue weighted by Gasteiger charge is 2.52. The van der Waals surface area contributed by atoms with E-state index in [-0.39, 0.29) is 11.3 Å². The Morgan fingerprint density at radius 1 is 1.52 bits per heavy atom. The SMILES string of the molecule is Cc1cnc(=O)[nH]c1[C@H](N(C(N)=O)[C@H]1C[C@H](OP(=O)(O)O)[C@@H](CO)O1)[C@@](C)(O)C(=O)O. The molecule has 1 aromatic rings. The Hall–Kier alpha value is -2.39. The predicted octanol–water partition coefficient (Wildman–Crippen LogP) is -2.08. The Bertz CT molecular complexity index is 945. The molecule has 1 aliphatic rings. The molecule has 0 radical (unpaired) electrons. The molecule has 174 valence electrons. The zero-order valence-electron chi connectivity index (χ0n) is 16.4. The number of carboxylic acid groups (broad SMARTS) is 1. The number of aromatic amines is 1. The van der Waals surface area contributed by atoms with Crippen LogP contribution in [0.5, 0.6) is 0 Å². The number of aliphatic hydroxyl groups is 2. The van der Waals surface area contributed by atoms with Gasteiger partial charge in [0.1, 0.15) is 24.5 Å². The molecule has 1 fully saturated rings. The van der Waals surface area contributed by atoms with E-state index < -0.39 is 68.6 Å². The number of amides is 2. The highest BCUT2D eigenvalue weighted by Crippen LogP contribution is 2.44. The molecule has 8 N–H and O–H groups in total. The summed E-state index contributed by atoms with van der Waals surface area (Å²) in [5, 5.41) is 29.8. The second-order valence-corrected chi connectivity index (χ2v) is 8.26. The molecule has 1 saturated heterocycles. The zero-order valence-corrected chi connectivity index (χ0v) is 17.3. The van der Waals surface area contributed by atoms with Crippen LogP contribution in [0.15, 0.2) is 11.0 Å². The number of urea groups is 1. The number of carbonyl (C=O) groups excluding carboxylic acids is 1. The first-order valence-electron chi connectivity index (χ1n) is 8.78. The lowest BCUT2D eigenvalue weighted by Gasteiger charge is -2.40. The molecule has 5 atom stereocenters. The van der Waals surface area contributed by atoms with E-state index >= 15 is 0 Å². The molecule has 0 spiro atoms. The lowest BCUT2D eigenvalue weighted by atomic mass is 9.89. The number of carboxylic acids is 1. The number of hydrogen-bond donors (Lipinski definition) is 7. The van der Waals surface area contributed by atoms with Gasteiger partial charge in [0.2, 0.25) is 0 Å². The smallest absolute Gasteiger partial charge is 0.469 e. The summed E-state index contributed by atoms with van der Waals surface area (Å²) in [6, 6.07) is -3.11. The monoisotopic (exact) mass is 466 g/mol. The maximum atomic E-state index is 12.4. The third-order valence-corrected chi connectivity index (χ3v) is 5.30. The topological polar surface area (TPSA) is 246 Å². The number of phosphoric ester groups is 1. The van der Waals surface area contributed by atoms with Crippen molar-refractivity contribution in [3.05, 3.63) is 27.9 Å². The van der Waals surface area contributed by atoms with E-state index in [1.165, 1.54) is 6.92 Å². The van der Waals surface area contributed by atoms with Crippen molar-refractivity contribution in [2.45, 2.75) is 50.3 Å². The number of aliphatic hydroxyl groups excluding tert-OH is 1. The molecule has 0 unspecified atom stereocenters. The standard InChI is InChI=1S/C15H23N4O11P/c1-6-4-17-14(24)18-10(6)11(15(2,25)12(21)22)19(13(16)23)9-3-7(8(5-20)29-9)30-31(26,27)28/h4,7-9,11,20,25H,3,5H2,1-2H3,(H2,16,23)(H,21,22)(H,17,18,24)(H2,26,27,28)/t7-,8+,9+,11-,15+/m0/s1. The molecule has 16 heteroatoms. The summed E-state index contributed by atoms with van der Waals surface area (Å²) >= 11 is 0. The maximum absolute atomic E-state index is 12.4. The summed E-state index contributed by atoms with van der Waals surface area (Å²) in [7, 11) is -5.02. The number of nitrogens with zero attached hydrogens (tertiary/aromatic N) is 2. The number of ether oxygens (including phenoxy) is 1. The van der Waals surface area contributed by atoms with Gasteiger partial charge in [-0.2, -0.15) is 0 Å². The lowest BCUT2D eigenvalue weighted by Crippen LogP contribution is -2.57. The van der Waals surface area contributed by atoms with Gasteiger partial charge in [-0.1, -0.05) is 0 Å². The highest BCUT2D eigenvalue weighted by molar-refractivity contribution is 7.46. The van der Waals surface area contributed by atoms with Crippen LogP contribution in [-0.2, 0) is 18.6 Å². The fourth-order valence-electron chi connectivity index (χ4n) is 3.32. The van der Waals surface area contributed by atoms with Gasteiger partial charge in [-0.25, -0.2) is 23.9 Å². The van der Waals surface area contributed by atoms with E-state index in [0.717, 1.165) is 13.1 Å². The minimum Gasteiger partial charge on any atom is -0.479 e. The number of carbonyl (C=O) groups is 2. The molecule has 0 saturated carbocycles. The van der Waals surface area contributed by atoms with Crippen molar-refractivity contribution >= 4 is 19.8 Å². The van der Waals surface area contributed by atoms with Gasteiger partial charge in [0.25, 0.3) is 0 Å². The van der Waals surface area contributed by atoms with Crippen molar-refractivity contribution in [1.82, 2.24) is 14.9 Å². The Labute approximate surface area is 174 Å². The molecule has 0 bridgehead atoms.